The van der Waals surface area contributed by atoms with Crippen molar-refractivity contribution in [1.82, 2.24) is 4.90 Å². The summed E-state index contributed by atoms with van der Waals surface area (Å²) in [5.74, 6) is -0.231. The lowest BCUT2D eigenvalue weighted by atomic mass is 10.0. The van der Waals surface area contributed by atoms with Crippen molar-refractivity contribution >= 4 is 17.5 Å². The first kappa shape index (κ1) is 19.9. The van der Waals surface area contributed by atoms with Gasteiger partial charge in [-0.15, -0.1) is 0 Å². The Balaban J connectivity index is 1.71. The fourth-order valence-corrected chi connectivity index (χ4v) is 3.07. The first-order chi connectivity index (χ1) is 14.0. The smallest absolute Gasteiger partial charge is 0.291 e. The second kappa shape index (κ2) is 8.89. The number of nitriles is 1. The second-order valence-electron chi connectivity index (χ2n) is 6.51. The van der Waals surface area contributed by atoms with Crippen LogP contribution >= 0.6 is 0 Å². The number of anilines is 1. The molecule has 0 aliphatic carbocycles. The fraction of sp³-hybridized carbons (Fsp3) is 0.174. The van der Waals surface area contributed by atoms with E-state index in [-0.39, 0.29) is 23.6 Å². The Morgan fingerprint density at radius 2 is 1.79 bits per heavy atom. The van der Waals surface area contributed by atoms with Crippen LogP contribution in [0.15, 0.2) is 71.3 Å². The molecule has 146 valence electrons. The summed E-state index contributed by atoms with van der Waals surface area (Å²) in [5.41, 5.74) is 2.65. The zero-order valence-corrected chi connectivity index (χ0v) is 16.3. The zero-order valence-electron chi connectivity index (χ0n) is 16.3. The highest BCUT2D eigenvalue weighted by molar-refractivity contribution is 6.02. The van der Waals surface area contributed by atoms with E-state index < -0.39 is 0 Å². The largest absolute Gasteiger partial charge is 0.459 e. The highest BCUT2D eigenvalue weighted by Gasteiger charge is 2.21. The van der Waals surface area contributed by atoms with E-state index in [0.717, 1.165) is 5.56 Å². The average molecular weight is 387 g/mol. The Morgan fingerprint density at radius 1 is 1.10 bits per heavy atom. The van der Waals surface area contributed by atoms with Crippen LogP contribution in [0.25, 0.3) is 0 Å². The third-order valence-corrected chi connectivity index (χ3v) is 4.73. The van der Waals surface area contributed by atoms with Gasteiger partial charge in [-0.3, -0.25) is 9.59 Å². The van der Waals surface area contributed by atoms with E-state index in [1.54, 1.807) is 53.4 Å². The van der Waals surface area contributed by atoms with Crippen LogP contribution in [0.5, 0.6) is 0 Å². The molecule has 2 aromatic carbocycles. The van der Waals surface area contributed by atoms with Crippen LogP contribution < -0.4 is 5.32 Å². The minimum Gasteiger partial charge on any atom is -0.459 e. The molecule has 2 amide bonds. The normalized spacial score (nSPS) is 11.3. The van der Waals surface area contributed by atoms with Gasteiger partial charge in [0.2, 0.25) is 0 Å². The topological polar surface area (TPSA) is 86.3 Å². The molecule has 1 heterocycles. The predicted octanol–water partition coefficient (Wildman–Crippen LogP) is 4.63. The molecule has 0 aliphatic rings. The van der Waals surface area contributed by atoms with E-state index in [4.69, 9.17) is 9.68 Å². The van der Waals surface area contributed by atoms with Gasteiger partial charge < -0.3 is 14.6 Å². The highest BCUT2D eigenvalue weighted by atomic mass is 16.3. The number of carbonyl (C=O) groups excluding carboxylic acids is 2. The molecule has 0 aliphatic heterocycles. The maximum Gasteiger partial charge on any atom is 0.291 e. The van der Waals surface area contributed by atoms with Crippen LogP contribution in [-0.4, -0.2) is 23.3 Å². The molecule has 1 unspecified atom stereocenters. The summed E-state index contributed by atoms with van der Waals surface area (Å²) in [5, 5.41) is 11.7. The molecule has 0 saturated carbocycles. The van der Waals surface area contributed by atoms with Crippen LogP contribution in [-0.2, 0) is 0 Å². The molecule has 6 nitrogen and oxygen atoms in total. The number of nitrogens with one attached hydrogen (secondary N) is 1. The SMILES string of the molecule is CCN(C(=O)c1ccc(NC(=O)c2ccco2)cc1)C(C)c1ccc(C#N)cc1. The van der Waals surface area contributed by atoms with Crippen LogP contribution in [0.1, 0.15) is 51.9 Å². The maximum absolute atomic E-state index is 13.0. The molecular weight excluding hydrogens is 366 g/mol. The first-order valence-corrected chi connectivity index (χ1v) is 9.29. The standard InChI is InChI=1S/C23H21N3O3/c1-3-26(16(2)18-8-6-17(15-24)7-9-18)23(28)19-10-12-20(13-11-19)25-22(27)21-5-4-14-29-21/h4-14,16H,3H2,1-2H3,(H,25,27). The quantitative estimate of drug-likeness (QED) is 0.668. The summed E-state index contributed by atoms with van der Waals surface area (Å²) < 4.78 is 5.07. The van der Waals surface area contributed by atoms with Crippen molar-refractivity contribution in [3.05, 3.63) is 89.4 Å². The third-order valence-electron chi connectivity index (χ3n) is 4.73. The van der Waals surface area contributed by atoms with Gasteiger partial charge in [0.1, 0.15) is 0 Å². The van der Waals surface area contributed by atoms with Gasteiger partial charge in [-0.05, 0) is 67.9 Å². The monoisotopic (exact) mass is 387 g/mol. The molecule has 1 atom stereocenters. The number of furan rings is 1. The fourth-order valence-electron chi connectivity index (χ4n) is 3.07. The zero-order chi connectivity index (χ0) is 20.8. The number of rotatable bonds is 6. The highest BCUT2D eigenvalue weighted by Crippen LogP contribution is 2.23. The Morgan fingerprint density at radius 3 is 2.34 bits per heavy atom. The minimum atomic E-state index is -0.348. The summed E-state index contributed by atoms with van der Waals surface area (Å²) in [6.45, 7) is 4.42. The van der Waals surface area contributed by atoms with Crippen LogP contribution in [0, 0.1) is 11.3 Å². The van der Waals surface area contributed by atoms with E-state index in [0.29, 0.717) is 23.4 Å². The maximum atomic E-state index is 13.0. The van der Waals surface area contributed by atoms with Gasteiger partial charge in [-0.25, -0.2) is 0 Å². The lowest BCUT2D eigenvalue weighted by Gasteiger charge is -2.28. The van der Waals surface area contributed by atoms with Gasteiger partial charge >= 0.3 is 0 Å². The number of amides is 2. The summed E-state index contributed by atoms with van der Waals surface area (Å²) in [6.07, 6.45) is 1.44. The van der Waals surface area contributed by atoms with Gasteiger partial charge in [0, 0.05) is 17.8 Å². The summed E-state index contributed by atoms with van der Waals surface area (Å²) >= 11 is 0. The van der Waals surface area contributed by atoms with Gasteiger partial charge in [0.25, 0.3) is 11.8 Å². The van der Waals surface area contributed by atoms with E-state index in [1.807, 2.05) is 26.0 Å². The molecule has 0 spiro atoms. The molecule has 1 aromatic heterocycles. The molecule has 0 bridgehead atoms. The van der Waals surface area contributed by atoms with Gasteiger partial charge in [0.05, 0.1) is 23.9 Å². The number of hydrogen-bond acceptors (Lipinski definition) is 4. The molecule has 6 heteroatoms. The summed E-state index contributed by atoms with van der Waals surface area (Å²) in [6, 6.07) is 19.2. The van der Waals surface area contributed by atoms with E-state index in [2.05, 4.69) is 11.4 Å². The average Bonchev–Trinajstić information content (AvgIpc) is 3.30. The predicted molar refractivity (Wildman–Crippen MR) is 109 cm³/mol. The van der Waals surface area contributed by atoms with E-state index >= 15 is 0 Å². The molecule has 3 rings (SSSR count). The Labute approximate surface area is 169 Å². The Hall–Kier alpha value is -3.85. The lowest BCUT2D eigenvalue weighted by molar-refractivity contribution is 0.0702. The summed E-state index contributed by atoms with van der Waals surface area (Å²) in [4.78, 5) is 26.8. The van der Waals surface area contributed by atoms with Crippen LogP contribution in [0.3, 0.4) is 0 Å². The van der Waals surface area contributed by atoms with Crippen molar-refractivity contribution in [3.8, 4) is 6.07 Å². The van der Waals surface area contributed by atoms with Gasteiger partial charge in [0.15, 0.2) is 5.76 Å². The molecule has 0 fully saturated rings. The molecule has 0 radical (unpaired) electrons. The second-order valence-corrected chi connectivity index (χ2v) is 6.51. The Bertz CT molecular complexity index is 1020. The third kappa shape index (κ3) is 4.53. The lowest BCUT2D eigenvalue weighted by Crippen LogP contribution is -2.33. The Kier molecular flexibility index (Phi) is 6.10. The van der Waals surface area contributed by atoms with Crippen molar-refractivity contribution in [2.24, 2.45) is 0 Å². The van der Waals surface area contributed by atoms with Crippen molar-refractivity contribution in [1.29, 1.82) is 5.26 Å². The number of carbonyl (C=O) groups is 2. The molecule has 29 heavy (non-hydrogen) atoms. The molecule has 0 saturated heterocycles. The van der Waals surface area contributed by atoms with Crippen LogP contribution in [0.4, 0.5) is 5.69 Å². The van der Waals surface area contributed by atoms with E-state index in [1.165, 1.54) is 6.26 Å². The van der Waals surface area contributed by atoms with E-state index in [9.17, 15) is 9.59 Å². The molecule has 3 aromatic rings. The van der Waals surface area contributed by atoms with Crippen molar-refractivity contribution in [2.45, 2.75) is 19.9 Å². The first-order valence-electron chi connectivity index (χ1n) is 9.29. The van der Waals surface area contributed by atoms with Crippen LogP contribution in [0.2, 0.25) is 0 Å². The van der Waals surface area contributed by atoms with Crippen molar-refractivity contribution in [2.75, 3.05) is 11.9 Å². The number of nitrogens with zero attached hydrogens (tertiary/aromatic N) is 2. The van der Waals surface area contributed by atoms with Gasteiger partial charge in [-0.1, -0.05) is 12.1 Å². The molecular formula is C23H21N3O3. The molecule has 1 N–H and O–H groups in total. The number of hydrogen-bond donors (Lipinski definition) is 1. The van der Waals surface area contributed by atoms with Crippen molar-refractivity contribution < 1.29 is 14.0 Å². The number of benzene rings is 2. The van der Waals surface area contributed by atoms with Crippen molar-refractivity contribution in [3.63, 3.8) is 0 Å². The van der Waals surface area contributed by atoms with Gasteiger partial charge in [-0.2, -0.15) is 5.26 Å². The summed E-state index contributed by atoms with van der Waals surface area (Å²) in [7, 11) is 0. The minimum absolute atomic E-state index is 0.103.